The van der Waals surface area contributed by atoms with Gasteiger partial charge in [0.15, 0.2) is 11.6 Å². The molecule has 0 atom stereocenters. The van der Waals surface area contributed by atoms with E-state index in [0.717, 1.165) is 17.0 Å². The van der Waals surface area contributed by atoms with Crippen molar-refractivity contribution in [2.45, 2.75) is 4.90 Å². The summed E-state index contributed by atoms with van der Waals surface area (Å²) in [5, 5.41) is 11.7. The number of hydrogen-bond acceptors (Lipinski definition) is 3. The summed E-state index contributed by atoms with van der Waals surface area (Å²) in [4.78, 5) is 12.4. The number of anilines is 1. The molecule has 0 saturated heterocycles. The van der Waals surface area contributed by atoms with Crippen molar-refractivity contribution in [3.05, 3.63) is 54.1 Å². The van der Waals surface area contributed by atoms with Crippen molar-refractivity contribution >= 4 is 23.4 Å². The number of phenols is 1. The number of rotatable bonds is 4. The molecule has 0 unspecified atom stereocenters. The van der Waals surface area contributed by atoms with Gasteiger partial charge in [-0.25, -0.2) is 8.78 Å². The molecular weight excluding hydrogens is 284 g/mol. The smallest absolute Gasteiger partial charge is 0.234 e. The SMILES string of the molecule is O=C(CSc1cccc(O)c1)Nc1ccc(F)c(F)c1. The predicted octanol–water partition coefficient (Wildman–Crippen LogP) is 3.40. The molecule has 0 saturated carbocycles. The monoisotopic (exact) mass is 295 g/mol. The van der Waals surface area contributed by atoms with E-state index in [1.807, 2.05) is 0 Å². The first kappa shape index (κ1) is 14.3. The van der Waals surface area contributed by atoms with E-state index in [-0.39, 0.29) is 23.1 Å². The van der Waals surface area contributed by atoms with Crippen LogP contribution in [0.5, 0.6) is 5.75 Å². The summed E-state index contributed by atoms with van der Waals surface area (Å²) >= 11 is 1.23. The highest BCUT2D eigenvalue weighted by Gasteiger charge is 2.07. The second-order valence-corrected chi connectivity index (χ2v) is 5.01. The van der Waals surface area contributed by atoms with Gasteiger partial charge in [-0.1, -0.05) is 6.07 Å². The number of halogens is 2. The quantitative estimate of drug-likeness (QED) is 0.850. The van der Waals surface area contributed by atoms with Crippen LogP contribution in [0, 0.1) is 11.6 Å². The minimum absolute atomic E-state index is 0.0997. The van der Waals surface area contributed by atoms with Crippen molar-refractivity contribution in [3.63, 3.8) is 0 Å². The highest BCUT2D eigenvalue weighted by molar-refractivity contribution is 8.00. The number of phenolic OH excluding ortho intramolecular Hbond substituents is 1. The topological polar surface area (TPSA) is 49.3 Å². The van der Waals surface area contributed by atoms with Crippen molar-refractivity contribution in [1.82, 2.24) is 0 Å². The minimum Gasteiger partial charge on any atom is -0.508 e. The van der Waals surface area contributed by atoms with Crippen LogP contribution in [-0.2, 0) is 4.79 Å². The third kappa shape index (κ3) is 3.96. The number of aromatic hydroxyl groups is 1. The number of nitrogens with one attached hydrogen (secondary N) is 1. The van der Waals surface area contributed by atoms with E-state index in [0.29, 0.717) is 0 Å². The maximum Gasteiger partial charge on any atom is 0.234 e. The molecule has 0 aliphatic carbocycles. The van der Waals surface area contributed by atoms with Crippen LogP contribution in [0.15, 0.2) is 47.4 Å². The van der Waals surface area contributed by atoms with E-state index in [1.165, 1.54) is 30.0 Å². The Balaban J connectivity index is 1.91. The first-order valence-corrected chi connectivity index (χ1v) is 6.70. The molecule has 1 amide bonds. The van der Waals surface area contributed by atoms with E-state index >= 15 is 0 Å². The van der Waals surface area contributed by atoms with Crippen molar-refractivity contribution < 1.29 is 18.7 Å². The molecule has 6 heteroatoms. The molecule has 0 heterocycles. The fourth-order valence-electron chi connectivity index (χ4n) is 1.49. The van der Waals surface area contributed by atoms with Gasteiger partial charge >= 0.3 is 0 Å². The van der Waals surface area contributed by atoms with Gasteiger partial charge in [0.1, 0.15) is 5.75 Å². The summed E-state index contributed by atoms with van der Waals surface area (Å²) in [5.41, 5.74) is 0.199. The van der Waals surface area contributed by atoms with Crippen LogP contribution in [0.4, 0.5) is 14.5 Å². The van der Waals surface area contributed by atoms with E-state index in [1.54, 1.807) is 12.1 Å². The van der Waals surface area contributed by atoms with Crippen molar-refractivity contribution in [2.75, 3.05) is 11.1 Å². The van der Waals surface area contributed by atoms with E-state index in [4.69, 9.17) is 0 Å². The normalized spacial score (nSPS) is 10.3. The molecule has 0 aliphatic heterocycles. The average molecular weight is 295 g/mol. The molecular formula is C14H11F2NO2S. The number of hydrogen-bond donors (Lipinski definition) is 2. The Kier molecular flexibility index (Phi) is 4.57. The van der Waals surface area contributed by atoms with Crippen molar-refractivity contribution in [2.24, 2.45) is 0 Å². The van der Waals surface area contributed by atoms with Gasteiger partial charge in [-0.2, -0.15) is 0 Å². The van der Waals surface area contributed by atoms with Crippen LogP contribution in [0.2, 0.25) is 0 Å². The summed E-state index contributed by atoms with van der Waals surface area (Å²) < 4.78 is 25.7. The largest absolute Gasteiger partial charge is 0.508 e. The first-order valence-electron chi connectivity index (χ1n) is 5.71. The van der Waals surface area contributed by atoms with Crippen LogP contribution < -0.4 is 5.32 Å². The lowest BCUT2D eigenvalue weighted by Crippen LogP contribution is -2.14. The van der Waals surface area contributed by atoms with Gasteiger partial charge < -0.3 is 10.4 Å². The number of amides is 1. The summed E-state index contributed by atoms with van der Waals surface area (Å²) in [6, 6.07) is 9.66. The molecule has 3 nitrogen and oxygen atoms in total. The Morgan fingerprint density at radius 3 is 2.65 bits per heavy atom. The number of thioether (sulfide) groups is 1. The summed E-state index contributed by atoms with van der Waals surface area (Å²) in [6.07, 6.45) is 0. The second-order valence-electron chi connectivity index (χ2n) is 3.96. The lowest BCUT2D eigenvalue weighted by molar-refractivity contribution is -0.113. The lowest BCUT2D eigenvalue weighted by atomic mass is 10.3. The Hall–Kier alpha value is -2.08. The fourth-order valence-corrected chi connectivity index (χ4v) is 2.24. The minimum atomic E-state index is -1.01. The van der Waals surface area contributed by atoms with Crippen molar-refractivity contribution in [1.29, 1.82) is 0 Å². The number of carbonyl (C=O) groups excluding carboxylic acids is 1. The Morgan fingerprint density at radius 1 is 1.15 bits per heavy atom. The molecule has 104 valence electrons. The molecule has 0 aliphatic rings. The lowest BCUT2D eigenvalue weighted by Gasteiger charge is -2.06. The zero-order valence-electron chi connectivity index (χ0n) is 10.3. The summed E-state index contributed by atoms with van der Waals surface area (Å²) in [7, 11) is 0. The van der Waals surface area contributed by atoms with Gasteiger partial charge in [-0.15, -0.1) is 11.8 Å². The molecule has 0 bridgehead atoms. The molecule has 0 fully saturated rings. The van der Waals surface area contributed by atoms with Crippen LogP contribution >= 0.6 is 11.8 Å². The van der Waals surface area contributed by atoms with Gasteiger partial charge in [0, 0.05) is 16.6 Å². The molecule has 2 aromatic rings. The zero-order chi connectivity index (χ0) is 14.5. The van der Waals surface area contributed by atoms with E-state index < -0.39 is 11.6 Å². The third-order valence-electron chi connectivity index (χ3n) is 2.39. The zero-order valence-corrected chi connectivity index (χ0v) is 11.1. The highest BCUT2D eigenvalue weighted by Crippen LogP contribution is 2.22. The second kappa shape index (κ2) is 6.38. The maximum atomic E-state index is 13.0. The Morgan fingerprint density at radius 2 is 1.95 bits per heavy atom. The van der Waals surface area contributed by atoms with E-state index in [2.05, 4.69) is 5.32 Å². The van der Waals surface area contributed by atoms with Gasteiger partial charge in [0.05, 0.1) is 5.75 Å². The van der Waals surface area contributed by atoms with Crippen LogP contribution in [0.3, 0.4) is 0 Å². The molecule has 2 rings (SSSR count). The van der Waals surface area contributed by atoms with Gasteiger partial charge in [0.25, 0.3) is 0 Å². The third-order valence-corrected chi connectivity index (χ3v) is 3.38. The van der Waals surface area contributed by atoms with Crippen LogP contribution in [-0.4, -0.2) is 16.8 Å². The summed E-state index contributed by atoms with van der Waals surface area (Å²) in [5.74, 6) is -2.09. The van der Waals surface area contributed by atoms with Gasteiger partial charge in [-0.05, 0) is 30.3 Å². The van der Waals surface area contributed by atoms with Gasteiger partial charge in [0.2, 0.25) is 5.91 Å². The fraction of sp³-hybridized carbons (Fsp3) is 0.0714. The van der Waals surface area contributed by atoms with E-state index in [9.17, 15) is 18.7 Å². The standard InChI is InChI=1S/C14H11F2NO2S/c15-12-5-4-9(6-13(12)16)17-14(19)8-20-11-3-1-2-10(18)7-11/h1-7,18H,8H2,(H,17,19). The van der Waals surface area contributed by atoms with Crippen molar-refractivity contribution in [3.8, 4) is 5.75 Å². The number of benzene rings is 2. The predicted molar refractivity (Wildman–Crippen MR) is 73.8 cm³/mol. The molecule has 2 N–H and O–H groups in total. The number of carbonyl (C=O) groups is 1. The average Bonchev–Trinajstić information content (AvgIpc) is 2.41. The maximum absolute atomic E-state index is 13.0. The highest BCUT2D eigenvalue weighted by atomic mass is 32.2. The molecule has 0 aromatic heterocycles. The van der Waals surface area contributed by atoms with Crippen LogP contribution in [0.25, 0.3) is 0 Å². The first-order chi connectivity index (χ1) is 9.54. The molecule has 2 aromatic carbocycles. The van der Waals surface area contributed by atoms with Crippen LogP contribution in [0.1, 0.15) is 0 Å². The molecule has 0 radical (unpaired) electrons. The Labute approximate surface area is 118 Å². The molecule has 0 spiro atoms. The van der Waals surface area contributed by atoms with Gasteiger partial charge in [-0.3, -0.25) is 4.79 Å². The molecule has 20 heavy (non-hydrogen) atoms. The Bertz CT molecular complexity index is 634. The summed E-state index contributed by atoms with van der Waals surface area (Å²) in [6.45, 7) is 0.